The van der Waals surface area contributed by atoms with Crippen LogP contribution in [0.1, 0.15) is 19.3 Å². The number of carbonyl (C=O) groups is 2. The number of nitrogens with one attached hydrogen (secondary N) is 1. The van der Waals surface area contributed by atoms with E-state index in [1.807, 2.05) is 0 Å². The highest BCUT2D eigenvalue weighted by atomic mass is 16.6. The fourth-order valence-corrected chi connectivity index (χ4v) is 2.27. The molecule has 2 aliphatic rings. The number of nitrogens with zero attached hydrogens (tertiary/aromatic N) is 1. The second kappa shape index (κ2) is 4.29. The minimum absolute atomic E-state index is 0.271. The molecule has 2 N–H and O–H groups in total. The summed E-state index contributed by atoms with van der Waals surface area (Å²) in [5, 5.41) is 11.8. The normalized spacial score (nSPS) is 24.2. The summed E-state index contributed by atoms with van der Waals surface area (Å²) in [5.41, 5.74) is -0.350. The van der Waals surface area contributed by atoms with Crippen molar-refractivity contribution in [2.45, 2.75) is 24.9 Å². The Kier molecular flexibility index (Phi) is 3.00. The van der Waals surface area contributed by atoms with Crippen LogP contribution in [0.2, 0.25) is 0 Å². The van der Waals surface area contributed by atoms with Gasteiger partial charge in [-0.3, -0.25) is 9.69 Å². The van der Waals surface area contributed by atoms with E-state index >= 15 is 0 Å². The summed E-state index contributed by atoms with van der Waals surface area (Å²) in [6.45, 7) is 1.91. The Morgan fingerprint density at radius 2 is 2.12 bits per heavy atom. The van der Waals surface area contributed by atoms with Crippen molar-refractivity contribution in [2.75, 3.05) is 26.2 Å². The van der Waals surface area contributed by atoms with Crippen molar-refractivity contribution >= 4 is 12.1 Å². The van der Waals surface area contributed by atoms with Gasteiger partial charge in [0.05, 0.1) is 0 Å². The van der Waals surface area contributed by atoms with Gasteiger partial charge in [-0.05, 0) is 25.9 Å². The molecule has 0 radical (unpaired) electrons. The summed E-state index contributed by atoms with van der Waals surface area (Å²) < 4.78 is 5.41. The predicted molar refractivity (Wildman–Crippen MR) is 55.1 cm³/mol. The Balaban J connectivity index is 1.96. The summed E-state index contributed by atoms with van der Waals surface area (Å²) in [5.74, 6) is -1.00. The second-order valence-electron chi connectivity index (χ2n) is 4.37. The zero-order valence-corrected chi connectivity index (χ0v) is 9.07. The number of piperidine rings is 1. The van der Waals surface area contributed by atoms with Crippen LogP contribution in [0.25, 0.3) is 0 Å². The van der Waals surface area contributed by atoms with Crippen LogP contribution in [0.5, 0.6) is 0 Å². The summed E-state index contributed by atoms with van der Waals surface area (Å²) in [7, 11) is 0. The summed E-state index contributed by atoms with van der Waals surface area (Å²) in [6, 6.07) is 0. The van der Waals surface area contributed by atoms with Crippen LogP contribution >= 0.6 is 0 Å². The third-order valence-electron chi connectivity index (χ3n) is 3.24. The molecule has 6 nitrogen and oxygen atoms in total. The van der Waals surface area contributed by atoms with E-state index in [1.165, 1.54) is 4.90 Å². The van der Waals surface area contributed by atoms with Gasteiger partial charge in [0.25, 0.3) is 0 Å². The third-order valence-corrected chi connectivity index (χ3v) is 3.24. The molecular weight excluding hydrogens is 212 g/mol. The van der Waals surface area contributed by atoms with Gasteiger partial charge in [-0.1, -0.05) is 0 Å². The smallest absolute Gasteiger partial charge is 0.410 e. The zero-order valence-electron chi connectivity index (χ0n) is 9.07. The lowest BCUT2D eigenvalue weighted by atomic mass is 9.87. The van der Waals surface area contributed by atoms with E-state index in [0.717, 1.165) is 32.4 Å². The molecule has 2 heterocycles. The first-order chi connectivity index (χ1) is 7.61. The maximum Gasteiger partial charge on any atom is 0.410 e. The van der Waals surface area contributed by atoms with Crippen LogP contribution in [0.4, 0.5) is 4.79 Å². The molecule has 2 saturated heterocycles. The lowest BCUT2D eigenvalue weighted by Gasteiger charge is -2.43. The first kappa shape index (κ1) is 11.2. The van der Waals surface area contributed by atoms with E-state index < -0.39 is 12.1 Å². The fourth-order valence-electron chi connectivity index (χ4n) is 2.27. The van der Waals surface area contributed by atoms with E-state index in [-0.39, 0.29) is 12.1 Å². The van der Waals surface area contributed by atoms with E-state index in [4.69, 9.17) is 9.84 Å². The Bertz CT molecular complexity index is 299. The molecule has 1 amide bonds. The molecule has 0 aromatic rings. The van der Waals surface area contributed by atoms with Crippen LogP contribution in [0.15, 0.2) is 0 Å². The largest absolute Gasteiger partial charge is 0.480 e. The Morgan fingerprint density at radius 1 is 1.44 bits per heavy atom. The monoisotopic (exact) mass is 228 g/mol. The molecule has 16 heavy (non-hydrogen) atoms. The molecule has 90 valence electrons. The lowest BCUT2D eigenvalue weighted by Crippen LogP contribution is -2.54. The van der Waals surface area contributed by atoms with Crippen molar-refractivity contribution in [3.63, 3.8) is 0 Å². The van der Waals surface area contributed by atoms with E-state index in [1.54, 1.807) is 0 Å². The number of amides is 1. The zero-order chi connectivity index (χ0) is 11.6. The molecule has 0 atom stereocenters. The summed E-state index contributed by atoms with van der Waals surface area (Å²) in [4.78, 5) is 23.4. The van der Waals surface area contributed by atoms with Crippen molar-refractivity contribution in [2.24, 2.45) is 0 Å². The highest BCUT2D eigenvalue weighted by Gasteiger charge is 2.41. The molecule has 0 saturated carbocycles. The van der Waals surface area contributed by atoms with Gasteiger partial charge in [-0.15, -0.1) is 0 Å². The van der Waals surface area contributed by atoms with E-state index in [0.29, 0.717) is 6.54 Å². The minimum atomic E-state index is -1.00. The van der Waals surface area contributed by atoms with Gasteiger partial charge in [0.2, 0.25) is 0 Å². The molecule has 1 spiro atoms. The Hall–Kier alpha value is -1.30. The lowest BCUT2D eigenvalue weighted by molar-refractivity contribution is -0.140. The van der Waals surface area contributed by atoms with Gasteiger partial charge < -0.3 is 15.2 Å². The average molecular weight is 228 g/mol. The van der Waals surface area contributed by atoms with Gasteiger partial charge >= 0.3 is 12.1 Å². The number of carbonyl (C=O) groups excluding carboxylic acids is 1. The average Bonchev–Trinajstić information content (AvgIpc) is 2.23. The van der Waals surface area contributed by atoms with E-state index in [9.17, 15) is 9.59 Å². The molecule has 0 bridgehead atoms. The van der Waals surface area contributed by atoms with Gasteiger partial charge in [0, 0.05) is 13.0 Å². The van der Waals surface area contributed by atoms with E-state index in [2.05, 4.69) is 5.32 Å². The first-order valence-electron chi connectivity index (χ1n) is 5.52. The molecule has 0 aromatic heterocycles. The van der Waals surface area contributed by atoms with Gasteiger partial charge in [-0.25, -0.2) is 4.79 Å². The van der Waals surface area contributed by atoms with Crippen LogP contribution in [0.3, 0.4) is 0 Å². The number of hydrogen-bond donors (Lipinski definition) is 2. The van der Waals surface area contributed by atoms with Crippen LogP contribution in [0, 0.1) is 0 Å². The van der Waals surface area contributed by atoms with Gasteiger partial charge in [0.1, 0.15) is 12.1 Å². The van der Waals surface area contributed by atoms with Gasteiger partial charge in [-0.2, -0.15) is 0 Å². The molecule has 2 aliphatic heterocycles. The second-order valence-corrected chi connectivity index (χ2v) is 4.37. The topological polar surface area (TPSA) is 78.9 Å². The minimum Gasteiger partial charge on any atom is -0.480 e. The highest BCUT2D eigenvalue weighted by molar-refractivity contribution is 5.77. The number of ether oxygens (including phenoxy) is 1. The van der Waals surface area contributed by atoms with Crippen LogP contribution < -0.4 is 5.32 Å². The molecule has 2 rings (SSSR count). The maximum atomic E-state index is 11.6. The predicted octanol–water partition coefficient (Wildman–Crippen LogP) is 0.0355. The highest BCUT2D eigenvalue weighted by Crippen LogP contribution is 2.31. The number of carboxylic acid groups (broad SMARTS) is 1. The summed E-state index contributed by atoms with van der Waals surface area (Å²) in [6.07, 6.45) is 1.88. The first-order valence-corrected chi connectivity index (χ1v) is 5.52. The number of aliphatic carboxylic acids is 1. The molecule has 2 fully saturated rings. The van der Waals surface area contributed by atoms with Crippen molar-refractivity contribution in [1.82, 2.24) is 10.2 Å². The van der Waals surface area contributed by atoms with Crippen LogP contribution in [-0.4, -0.2) is 53.8 Å². The molecule has 0 unspecified atom stereocenters. The Morgan fingerprint density at radius 3 is 2.69 bits per heavy atom. The number of carboxylic acids is 1. The summed E-state index contributed by atoms with van der Waals surface area (Å²) >= 11 is 0. The van der Waals surface area contributed by atoms with Crippen molar-refractivity contribution in [1.29, 1.82) is 0 Å². The molecule has 6 heteroatoms. The number of rotatable bonds is 2. The quantitative estimate of drug-likeness (QED) is 0.697. The standard InChI is InChI=1S/C10H16N2O4/c13-8(14)7-12-6-3-10(16-9(12)15)1-4-11-5-2-10/h11H,1-7H2,(H,13,14). The maximum absolute atomic E-state index is 11.6. The third kappa shape index (κ3) is 2.27. The Labute approximate surface area is 93.6 Å². The molecule has 0 aliphatic carbocycles. The fraction of sp³-hybridized carbons (Fsp3) is 0.800. The molecular formula is C10H16N2O4. The SMILES string of the molecule is O=C(O)CN1CCC2(CCNCC2)OC1=O. The van der Waals surface area contributed by atoms with Crippen LogP contribution in [-0.2, 0) is 9.53 Å². The van der Waals surface area contributed by atoms with Crippen molar-refractivity contribution < 1.29 is 19.4 Å². The van der Waals surface area contributed by atoms with Crippen molar-refractivity contribution in [3.05, 3.63) is 0 Å². The van der Waals surface area contributed by atoms with Gasteiger partial charge in [0.15, 0.2) is 0 Å². The molecule has 0 aromatic carbocycles. The number of hydrogen-bond acceptors (Lipinski definition) is 4. The van der Waals surface area contributed by atoms with Crippen molar-refractivity contribution in [3.8, 4) is 0 Å².